The molecule has 0 spiro atoms. The highest BCUT2D eigenvalue weighted by Crippen LogP contribution is 2.59. The number of hydrogen-bond acceptors (Lipinski definition) is 9. The molecule has 14 aromatic carbocycles. The highest BCUT2D eigenvalue weighted by Gasteiger charge is 2.33. The summed E-state index contributed by atoms with van der Waals surface area (Å²) in [5, 5.41) is 16.3. The largest absolute Gasteiger partial charge is 0.485 e. The highest BCUT2D eigenvalue weighted by molar-refractivity contribution is 7.20. The van der Waals surface area contributed by atoms with E-state index in [1.54, 1.807) is 22.7 Å². The van der Waals surface area contributed by atoms with E-state index in [0.29, 0.717) is 26.4 Å². The SMILES string of the molecule is Cn1c2ccccc2c2cc(N(c3ccc(-c4sc(-c5cc6oc7cc(-c8sc(-c9ccc(N(c%10ccc%11c(c%10)c%10ccccc%10n%11C)c%10ccc%11c(c%10)c%10ccccc%10n%11C)cc9)c9c8OCCO9)c8ccccc8c7c6c6ccccc56)c5c4OCCO5)cc3)c3ccc4c(c3)c3ccccc3n4C)ccc21. The van der Waals surface area contributed by atoms with E-state index < -0.39 is 0 Å². The first kappa shape index (κ1) is 62.0. The van der Waals surface area contributed by atoms with Gasteiger partial charge in [-0.3, -0.25) is 0 Å². The molecule has 7 aromatic heterocycles. The van der Waals surface area contributed by atoms with Gasteiger partial charge in [0.2, 0.25) is 0 Å². The quantitative estimate of drug-likeness (QED) is 0.135. The Morgan fingerprint density at radius 1 is 0.248 bits per heavy atom. The van der Waals surface area contributed by atoms with Crippen LogP contribution in [-0.4, -0.2) is 44.7 Å². The first-order valence-corrected chi connectivity index (χ1v) is 38.7. The molecule has 0 N–H and O–H groups in total. The Kier molecular flexibility index (Phi) is 13.5. The second kappa shape index (κ2) is 23.6. The minimum Gasteiger partial charge on any atom is -0.485 e. The summed E-state index contributed by atoms with van der Waals surface area (Å²) >= 11 is 3.42. The Morgan fingerprint density at radius 2 is 0.505 bits per heavy atom. The van der Waals surface area contributed by atoms with Crippen LogP contribution in [0.4, 0.5) is 34.1 Å². The lowest BCUT2D eigenvalue weighted by Crippen LogP contribution is -2.14. The molecule has 23 rings (SSSR count). The third-order valence-corrected chi connectivity index (χ3v) is 25.6. The molecular formula is C96H66N6O5S2. The molecule has 0 atom stereocenters. The number of benzene rings is 14. The number of fused-ring (bicyclic) bond motifs is 21. The van der Waals surface area contributed by atoms with Gasteiger partial charge in [-0.05, 0) is 166 Å². The van der Waals surface area contributed by atoms with E-state index in [1.165, 1.54) is 87.2 Å². The zero-order chi connectivity index (χ0) is 72.0. The monoisotopic (exact) mass is 1450 g/mol. The summed E-state index contributed by atoms with van der Waals surface area (Å²) in [6.45, 7) is 1.77. The summed E-state index contributed by atoms with van der Waals surface area (Å²) in [6, 6.07) is 102. The maximum atomic E-state index is 7.32. The summed E-state index contributed by atoms with van der Waals surface area (Å²) in [6.07, 6.45) is 0. The lowest BCUT2D eigenvalue weighted by Gasteiger charge is -2.26. The van der Waals surface area contributed by atoms with Crippen LogP contribution in [0.3, 0.4) is 0 Å². The Morgan fingerprint density at radius 3 is 0.817 bits per heavy atom. The van der Waals surface area contributed by atoms with Crippen LogP contribution in [0.2, 0.25) is 0 Å². The average Bonchev–Trinajstić information content (AvgIpc) is 1.60. The number of hydrogen-bond donors (Lipinski definition) is 0. The highest BCUT2D eigenvalue weighted by atomic mass is 32.1. The second-order valence-electron chi connectivity index (χ2n) is 28.9. The standard InChI is InChI=1S/C96H66N6O5S2/c1-97-77-25-13-9-19-65(77)71-49-59(37-41-81(71)97)101(60-38-42-82-72(50-60)66-20-10-14-26-78(66)98(82)2)57-33-29-55(30-34-57)93-89-91(105-47-45-103-89)95(108-93)75-53-85-87(69-23-7-5-17-63(69)75)88-70-24-8-6-18-64(70)76(54-86(88)107-85)96-92-90(104-46-48-106-92)94(109-96)56-31-35-58(36-32-56)102(61-39-43-83-73(51-61)67-21-11-15-27-79(67)99(83)3)62-40-44-84-74(52-62)68-22-12-16-28-80(68)100(84)4/h5-44,49-54H,45-48H2,1-4H3. The van der Waals surface area contributed by atoms with Crippen LogP contribution in [0.1, 0.15) is 0 Å². The summed E-state index contributed by atoms with van der Waals surface area (Å²) in [5.74, 6) is 3.02. The number of furan rings is 1. The van der Waals surface area contributed by atoms with E-state index in [0.717, 1.165) is 142 Å². The molecule has 0 saturated carbocycles. The third kappa shape index (κ3) is 9.14. The van der Waals surface area contributed by atoms with Gasteiger partial charge in [0.05, 0.1) is 19.5 Å². The van der Waals surface area contributed by atoms with Crippen molar-refractivity contribution in [3.05, 3.63) is 279 Å². The van der Waals surface area contributed by atoms with Crippen molar-refractivity contribution in [2.45, 2.75) is 0 Å². The van der Waals surface area contributed by atoms with Crippen molar-refractivity contribution in [1.82, 2.24) is 18.3 Å². The Labute approximate surface area is 633 Å². The normalized spacial score (nSPS) is 13.1. The van der Waals surface area contributed by atoms with Crippen molar-refractivity contribution in [2.24, 2.45) is 28.2 Å². The van der Waals surface area contributed by atoms with Crippen molar-refractivity contribution >= 4 is 188 Å². The smallest absolute Gasteiger partial charge is 0.180 e. The minimum atomic E-state index is 0.437. The van der Waals surface area contributed by atoms with E-state index in [-0.39, 0.29) is 0 Å². The van der Waals surface area contributed by atoms with Crippen LogP contribution in [0.25, 0.3) is 172 Å². The molecule has 0 unspecified atom stereocenters. The van der Waals surface area contributed by atoms with Crippen LogP contribution in [0, 0.1) is 0 Å². The molecule has 109 heavy (non-hydrogen) atoms. The van der Waals surface area contributed by atoms with E-state index in [1.807, 2.05) is 0 Å². The average molecular weight is 1450 g/mol. The topological polar surface area (TPSA) is 76.3 Å². The van der Waals surface area contributed by atoms with Crippen molar-refractivity contribution in [3.8, 4) is 64.8 Å². The number of para-hydroxylation sites is 4. The van der Waals surface area contributed by atoms with Crippen LogP contribution in [-0.2, 0) is 28.2 Å². The summed E-state index contributed by atoms with van der Waals surface area (Å²) in [5.41, 5.74) is 21.6. The predicted molar refractivity (Wildman–Crippen MR) is 454 cm³/mol. The van der Waals surface area contributed by atoms with E-state index in [9.17, 15) is 0 Å². The fourth-order valence-corrected chi connectivity index (χ4v) is 20.6. The molecule has 0 radical (unpaired) electrons. The molecule has 0 aliphatic carbocycles. The van der Waals surface area contributed by atoms with Crippen LogP contribution < -0.4 is 28.7 Å². The second-order valence-corrected chi connectivity index (χ2v) is 30.9. The maximum absolute atomic E-state index is 7.32. The number of nitrogens with zero attached hydrogens (tertiary/aromatic N) is 6. The van der Waals surface area contributed by atoms with E-state index in [4.69, 9.17) is 23.4 Å². The van der Waals surface area contributed by atoms with Gasteiger partial charge in [-0.15, -0.1) is 22.7 Å². The molecule has 2 aliphatic heterocycles. The zero-order valence-corrected chi connectivity index (χ0v) is 61.6. The third-order valence-electron chi connectivity index (χ3n) is 23.2. The Balaban J connectivity index is 0.629. The zero-order valence-electron chi connectivity index (χ0n) is 59.9. The predicted octanol–water partition coefficient (Wildman–Crippen LogP) is 25.7. The molecule has 9 heterocycles. The first-order chi connectivity index (χ1) is 53.7. The van der Waals surface area contributed by atoms with Gasteiger partial charge in [0.1, 0.15) is 37.6 Å². The maximum Gasteiger partial charge on any atom is 0.180 e. The Hall–Kier alpha value is -13.2. The van der Waals surface area contributed by atoms with Crippen LogP contribution in [0.15, 0.2) is 283 Å². The number of aromatic nitrogens is 4. The molecule has 2 aliphatic rings. The molecule has 522 valence electrons. The number of rotatable bonds is 10. The summed E-state index contributed by atoms with van der Waals surface area (Å²) in [7, 11) is 8.63. The molecule has 21 aromatic rings. The van der Waals surface area contributed by atoms with Gasteiger partial charge in [-0.25, -0.2) is 0 Å². The van der Waals surface area contributed by atoms with Gasteiger partial charge >= 0.3 is 0 Å². The molecule has 11 nitrogen and oxygen atoms in total. The van der Waals surface area contributed by atoms with E-state index >= 15 is 0 Å². The van der Waals surface area contributed by atoms with Gasteiger partial charge in [0.25, 0.3) is 0 Å². The first-order valence-electron chi connectivity index (χ1n) is 37.1. The van der Waals surface area contributed by atoms with Gasteiger partial charge < -0.3 is 51.4 Å². The minimum absolute atomic E-state index is 0.437. The van der Waals surface area contributed by atoms with Crippen LogP contribution in [0.5, 0.6) is 23.0 Å². The molecule has 13 heteroatoms. The Bertz CT molecular complexity index is 6770. The van der Waals surface area contributed by atoms with Gasteiger partial charge in [-0.2, -0.15) is 0 Å². The molecule has 0 amide bonds. The van der Waals surface area contributed by atoms with Crippen molar-refractivity contribution in [1.29, 1.82) is 0 Å². The summed E-state index contributed by atoms with van der Waals surface area (Å²) in [4.78, 5) is 8.79. The number of thiophene rings is 2. The van der Waals surface area contributed by atoms with Crippen LogP contribution >= 0.6 is 22.7 Å². The fourth-order valence-electron chi connectivity index (χ4n) is 18.1. The molecular weight excluding hydrogens is 1380 g/mol. The van der Waals surface area contributed by atoms with Gasteiger partial charge in [0.15, 0.2) is 23.0 Å². The van der Waals surface area contributed by atoms with Crippen molar-refractivity contribution in [2.75, 3.05) is 36.2 Å². The van der Waals surface area contributed by atoms with Crippen molar-refractivity contribution < 1.29 is 23.4 Å². The number of ether oxygens (including phenoxy) is 4. The van der Waals surface area contributed by atoms with Gasteiger partial charge in [-0.1, -0.05) is 146 Å². The lowest BCUT2D eigenvalue weighted by atomic mass is 9.94. The lowest BCUT2D eigenvalue weighted by molar-refractivity contribution is 0.175. The molecule has 0 fully saturated rings. The molecule has 0 saturated heterocycles. The van der Waals surface area contributed by atoms with E-state index in [2.05, 4.69) is 335 Å². The summed E-state index contributed by atoms with van der Waals surface area (Å²) < 4.78 is 43.5. The fraction of sp³-hybridized carbons (Fsp3) is 0.0833. The number of anilines is 6. The number of aryl methyl sites for hydroxylation is 4. The van der Waals surface area contributed by atoms with Crippen molar-refractivity contribution in [3.63, 3.8) is 0 Å². The van der Waals surface area contributed by atoms with Gasteiger partial charge in [0, 0.05) is 171 Å². The molecule has 0 bridgehead atoms.